The van der Waals surface area contributed by atoms with Crippen LogP contribution >= 0.6 is 0 Å². The lowest BCUT2D eigenvalue weighted by atomic mass is 10.2. The predicted molar refractivity (Wildman–Crippen MR) is 153 cm³/mol. The van der Waals surface area contributed by atoms with Crippen LogP contribution in [0.2, 0.25) is 0 Å². The van der Waals surface area contributed by atoms with Gasteiger partial charge in [0.2, 0.25) is 5.91 Å². The normalized spacial score (nSPS) is 11.4. The van der Waals surface area contributed by atoms with Gasteiger partial charge < -0.3 is 10.1 Å². The molecular formula is C28H28N4O6S2. The maximum atomic E-state index is 13.7. The molecule has 0 aliphatic rings. The SMILES string of the molecule is CCOc1ccccc1N(CC(=O)Nc1ccc(S(=O)(=O)Nc2ccccn2)cc1)S(=O)(=O)c1ccc(C)cc1. The Morgan fingerprint density at radius 3 is 2.15 bits per heavy atom. The van der Waals surface area contributed by atoms with E-state index in [0.717, 1.165) is 9.87 Å². The van der Waals surface area contributed by atoms with Crippen molar-refractivity contribution in [3.05, 3.63) is 103 Å². The zero-order chi connectivity index (χ0) is 28.8. The Morgan fingerprint density at radius 1 is 0.850 bits per heavy atom. The van der Waals surface area contributed by atoms with Gasteiger partial charge in [0.05, 0.1) is 22.1 Å². The average Bonchev–Trinajstić information content (AvgIpc) is 2.93. The van der Waals surface area contributed by atoms with Gasteiger partial charge in [0, 0.05) is 11.9 Å². The molecule has 1 aromatic heterocycles. The van der Waals surface area contributed by atoms with E-state index in [9.17, 15) is 21.6 Å². The summed E-state index contributed by atoms with van der Waals surface area (Å²) in [5.41, 5.74) is 1.38. The van der Waals surface area contributed by atoms with Crippen molar-refractivity contribution >= 4 is 43.1 Å². The van der Waals surface area contributed by atoms with Gasteiger partial charge in [0.25, 0.3) is 20.0 Å². The smallest absolute Gasteiger partial charge is 0.264 e. The number of pyridine rings is 1. The zero-order valence-corrected chi connectivity index (χ0v) is 23.4. The second kappa shape index (κ2) is 12.2. The first-order chi connectivity index (χ1) is 19.1. The summed E-state index contributed by atoms with van der Waals surface area (Å²) < 4.78 is 61.8. The van der Waals surface area contributed by atoms with Gasteiger partial charge in [-0.1, -0.05) is 35.9 Å². The number of nitrogens with zero attached hydrogens (tertiary/aromatic N) is 2. The fourth-order valence-corrected chi connectivity index (χ4v) is 6.19. The Kier molecular flexibility index (Phi) is 8.70. The number of carbonyl (C=O) groups is 1. The van der Waals surface area contributed by atoms with Crippen LogP contribution in [0.4, 0.5) is 17.2 Å². The molecule has 0 bridgehead atoms. The van der Waals surface area contributed by atoms with Crippen molar-refractivity contribution in [1.29, 1.82) is 0 Å². The van der Waals surface area contributed by atoms with Crippen LogP contribution in [-0.4, -0.2) is 40.9 Å². The van der Waals surface area contributed by atoms with Crippen LogP contribution in [0.25, 0.3) is 0 Å². The molecule has 0 saturated heterocycles. The van der Waals surface area contributed by atoms with Crippen LogP contribution in [0.5, 0.6) is 5.75 Å². The fraction of sp³-hybridized carbons (Fsp3) is 0.143. The Hall–Kier alpha value is -4.42. The Bertz CT molecular complexity index is 1680. The maximum Gasteiger partial charge on any atom is 0.264 e. The number of amides is 1. The van der Waals surface area contributed by atoms with Gasteiger partial charge in [-0.3, -0.25) is 13.8 Å². The zero-order valence-electron chi connectivity index (χ0n) is 21.8. The molecule has 3 aromatic carbocycles. The summed E-state index contributed by atoms with van der Waals surface area (Å²) in [5, 5.41) is 2.64. The largest absolute Gasteiger partial charge is 0.492 e. The summed E-state index contributed by atoms with van der Waals surface area (Å²) in [6.07, 6.45) is 1.46. The Labute approximate surface area is 233 Å². The highest BCUT2D eigenvalue weighted by Crippen LogP contribution is 2.32. The summed E-state index contributed by atoms with van der Waals surface area (Å²) in [6.45, 7) is 3.36. The number of carbonyl (C=O) groups excluding carboxylic acids is 1. The fourth-order valence-electron chi connectivity index (χ4n) is 3.75. The number of rotatable bonds is 11. The predicted octanol–water partition coefficient (Wildman–Crippen LogP) is 4.42. The van der Waals surface area contributed by atoms with Crippen LogP contribution in [0.1, 0.15) is 12.5 Å². The number of aromatic nitrogens is 1. The third-order valence-electron chi connectivity index (χ3n) is 5.68. The molecule has 4 rings (SSSR count). The summed E-state index contributed by atoms with van der Waals surface area (Å²) in [6, 6.07) is 23.2. The van der Waals surface area contributed by atoms with E-state index in [0.29, 0.717) is 12.4 Å². The van der Waals surface area contributed by atoms with E-state index in [4.69, 9.17) is 4.74 Å². The third-order valence-corrected chi connectivity index (χ3v) is 8.83. The van der Waals surface area contributed by atoms with E-state index in [1.165, 1.54) is 48.7 Å². The lowest BCUT2D eigenvalue weighted by molar-refractivity contribution is -0.114. The van der Waals surface area contributed by atoms with Crippen molar-refractivity contribution in [3.8, 4) is 5.75 Å². The first kappa shape index (κ1) is 28.6. The number of nitrogens with one attached hydrogen (secondary N) is 2. The molecule has 1 heterocycles. The second-order valence-corrected chi connectivity index (χ2v) is 12.2. The molecular weight excluding hydrogens is 552 g/mol. The van der Waals surface area contributed by atoms with Crippen molar-refractivity contribution in [2.45, 2.75) is 23.6 Å². The number of hydrogen-bond acceptors (Lipinski definition) is 7. The molecule has 0 unspecified atom stereocenters. The van der Waals surface area contributed by atoms with E-state index < -0.39 is 32.5 Å². The summed E-state index contributed by atoms with van der Waals surface area (Å²) >= 11 is 0. The maximum absolute atomic E-state index is 13.7. The second-order valence-electron chi connectivity index (χ2n) is 8.62. The van der Waals surface area contributed by atoms with E-state index >= 15 is 0 Å². The molecule has 40 heavy (non-hydrogen) atoms. The van der Waals surface area contributed by atoms with Gasteiger partial charge in [0.15, 0.2) is 0 Å². The molecule has 0 atom stereocenters. The number of sulfonamides is 2. The number of anilines is 3. The van der Waals surface area contributed by atoms with Crippen molar-refractivity contribution < 1.29 is 26.4 Å². The van der Waals surface area contributed by atoms with E-state index in [1.54, 1.807) is 55.5 Å². The van der Waals surface area contributed by atoms with E-state index in [2.05, 4.69) is 15.0 Å². The van der Waals surface area contributed by atoms with Gasteiger partial charge in [-0.25, -0.2) is 21.8 Å². The highest BCUT2D eigenvalue weighted by Gasteiger charge is 2.29. The molecule has 0 saturated carbocycles. The number of benzene rings is 3. The van der Waals surface area contributed by atoms with Crippen LogP contribution < -0.4 is 19.1 Å². The van der Waals surface area contributed by atoms with E-state index in [-0.39, 0.29) is 27.0 Å². The number of ether oxygens (including phenoxy) is 1. The number of para-hydroxylation sites is 2. The van der Waals surface area contributed by atoms with Crippen molar-refractivity contribution in [1.82, 2.24) is 4.98 Å². The highest BCUT2D eigenvalue weighted by molar-refractivity contribution is 7.93. The molecule has 208 valence electrons. The number of hydrogen-bond donors (Lipinski definition) is 2. The molecule has 0 aliphatic carbocycles. The molecule has 0 aliphatic heterocycles. The molecule has 2 N–H and O–H groups in total. The molecule has 10 nitrogen and oxygen atoms in total. The van der Waals surface area contributed by atoms with E-state index in [1.807, 2.05) is 6.92 Å². The number of aryl methyl sites for hydroxylation is 1. The summed E-state index contributed by atoms with van der Waals surface area (Å²) in [7, 11) is -8.06. The molecule has 1 amide bonds. The van der Waals surface area contributed by atoms with Crippen LogP contribution in [0.15, 0.2) is 107 Å². The van der Waals surface area contributed by atoms with Gasteiger partial charge in [-0.2, -0.15) is 0 Å². The average molecular weight is 581 g/mol. The quantitative estimate of drug-likeness (QED) is 0.268. The molecule has 0 spiro atoms. The van der Waals surface area contributed by atoms with Gasteiger partial charge in [-0.15, -0.1) is 0 Å². The van der Waals surface area contributed by atoms with Crippen LogP contribution in [0, 0.1) is 6.92 Å². The molecule has 0 fully saturated rings. The highest BCUT2D eigenvalue weighted by atomic mass is 32.2. The first-order valence-electron chi connectivity index (χ1n) is 12.2. The van der Waals surface area contributed by atoms with Crippen LogP contribution in [0.3, 0.4) is 0 Å². The summed E-state index contributed by atoms with van der Waals surface area (Å²) in [5.74, 6) is -0.158. The first-order valence-corrected chi connectivity index (χ1v) is 15.2. The topological polar surface area (TPSA) is 135 Å². The third kappa shape index (κ3) is 6.77. The lowest BCUT2D eigenvalue weighted by Gasteiger charge is -2.26. The van der Waals surface area contributed by atoms with Crippen LogP contribution in [-0.2, 0) is 24.8 Å². The van der Waals surface area contributed by atoms with Crippen molar-refractivity contribution in [2.24, 2.45) is 0 Å². The van der Waals surface area contributed by atoms with Crippen molar-refractivity contribution in [3.63, 3.8) is 0 Å². The molecule has 12 heteroatoms. The molecule has 4 aromatic rings. The lowest BCUT2D eigenvalue weighted by Crippen LogP contribution is -2.38. The minimum absolute atomic E-state index is 0.0205. The van der Waals surface area contributed by atoms with Gasteiger partial charge >= 0.3 is 0 Å². The Morgan fingerprint density at radius 2 is 1.50 bits per heavy atom. The van der Waals surface area contributed by atoms with Gasteiger partial charge in [-0.05, 0) is 74.5 Å². The standard InChI is InChI=1S/C28H28N4O6S2/c1-3-38-26-9-5-4-8-25(26)32(40(36,37)24-15-11-21(2)12-16-24)20-28(33)30-22-13-17-23(18-14-22)39(34,35)31-27-10-6-7-19-29-27/h4-19H,3,20H2,1-2H3,(H,29,31)(H,30,33). The minimum Gasteiger partial charge on any atom is -0.492 e. The minimum atomic E-state index is -4.16. The summed E-state index contributed by atoms with van der Waals surface area (Å²) in [4.78, 5) is 17.1. The Balaban J connectivity index is 1.57. The van der Waals surface area contributed by atoms with Crippen molar-refractivity contribution in [2.75, 3.05) is 27.5 Å². The molecule has 0 radical (unpaired) electrons. The monoisotopic (exact) mass is 580 g/mol. The van der Waals surface area contributed by atoms with Gasteiger partial charge in [0.1, 0.15) is 18.1 Å².